The number of para-hydroxylation sites is 1. The molecule has 1 atom stereocenters. The molecule has 3 aromatic rings. The SMILES string of the molecule is c1ccc(CCC2CN(C3=Nc4ccccc4Sc4ccccc43)CCN2)cc1. The number of nitrogens with one attached hydrogen (secondary N) is 1. The van der Waals surface area contributed by atoms with Crippen molar-refractivity contribution in [1.29, 1.82) is 0 Å². The Morgan fingerprint density at radius 1 is 0.897 bits per heavy atom. The van der Waals surface area contributed by atoms with Gasteiger partial charge in [-0.1, -0.05) is 72.4 Å². The van der Waals surface area contributed by atoms with Crippen LogP contribution in [0, 0.1) is 0 Å². The van der Waals surface area contributed by atoms with Crippen molar-refractivity contribution < 1.29 is 0 Å². The highest BCUT2D eigenvalue weighted by Crippen LogP contribution is 2.40. The second-order valence-electron chi connectivity index (χ2n) is 7.62. The van der Waals surface area contributed by atoms with Crippen LogP contribution in [-0.2, 0) is 6.42 Å². The molecule has 0 spiro atoms. The quantitative estimate of drug-likeness (QED) is 0.661. The molecule has 2 aliphatic rings. The van der Waals surface area contributed by atoms with E-state index in [4.69, 9.17) is 4.99 Å². The smallest absolute Gasteiger partial charge is 0.137 e. The minimum atomic E-state index is 0.477. The summed E-state index contributed by atoms with van der Waals surface area (Å²) in [5, 5.41) is 3.72. The summed E-state index contributed by atoms with van der Waals surface area (Å²) in [4.78, 5) is 10.1. The number of hydrogen-bond donors (Lipinski definition) is 1. The van der Waals surface area contributed by atoms with Crippen molar-refractivity contribution in [2.75, 3.05) is 19.6 Å². The summed E-state index contributed by atoms with van der Waals surface area (Å²) in [7, 11) is 0. The van der Waals surface area contributed by atoms with Crippen LogP contribution in [0.5, 0.6) is 0 Å². The lowest BCUT2D eigenvalue weighted by atomic mass is 10.0. The van der Waals surface area contributed by atoms with Gasteiger partial charge in [-0.15, -0.1) is 0 Å². The first-order chi connectivity index (χ1) is 14.4. The Balaban J connectivity index is 1.40. The molecule has 2 heterocycles. The van der Waals surface area contributed by atoms with Crippen LogP contribution in [0.25, 0.3) is 0 Å². The van der Waals surface area contributed by atoms with E-state index in [0.717, 1.165) is 44.0 Å². The molecular weight excluding hydrogens is 374 g/mol. The molecule has 1 N–H and O–H groups in total. The zero-order chi connectivity index (χ0) is 19.5. The van der Waals surface area contributed by atoms with Gasteiger partial charge in [0.15, 0.2) is 0 Å². The fourth-order valence-electron chi connectivity index (χ4n) is 4.11. The van der Waals surface area contributed by atoms with E-state index in [1.807, 2.05) is 11.8 Å². The van der Waals surface area contributed by atoms with E-state index in [1.165, 1.54) is 20.9 Å². The predicted octanol–water partition coefficient (Wildman–Crippen LogP) is 5.14. The van der Waals surface area contributed by atoms with Gasteiger partial charge in [-0.25, -0.2) is 4.99 Å². The third kappa shape index (κ3) is 4.09. The second kappa shape index (κ2) is 8.44. The van der Waals surface area contributed by atoms with Gasteiger partial charge < -0.3 is 10.2 Å². The average molecular weight is 400 g/mol. The van der Waals surface area contributed by atoms with Crippen molar-refractivity contribution in [1.82, 2.24) is 10.2 Å². The van der Waals surface area contributed by atoms with Crippen molar-refractivity contribution in [2.24, 2.45) is 4.99 Å². The number of piperazine rings is 1. The minimum Gasteiger partial charge on any atom is -0.353 e. The van der Waals surface area contributed by atoms with Gasteiger partial charge in [0, 0.05) is 41.0 Å². The van der Waals surface area contributed by atoms with Gasteiger partial charge in [0.05, 0.1) is 5.69 Å². The molecule has 146 valence electrons. The number of rotatable bonds is 3. The maximum absolute atomic E-state index is 5.15. The number of hydrogen-bond acceptors (Lipinski definition) is 4. The highest BCUT2D eigenvalue weighted by atomic mass is 32.2. The van der Waals surface area contributed by atoms with Crippen LogP contribution in [0.1, 0.15) is 17.5 Å². The minimum absolute atomic E-state index is 0.477. The fourth-order valence-corrected chi connectivity index (χ4v) is 5.12. The van der Waals surface area contributed by atoms with Crippen molar-refractivity contribution >= 4 is 23.3 Å². The number of aryl methyl sites for hydroxylation is 1. The van der Waals surface area contributed by atoms with Crippen LogP contribution < -0.4 is 5.32 Å². The molecule has 0 aromatic heterocycles. The van der Waals surface area contributed by atoms with E-state index in [1.54, 1.807) is 0 Å². The normalized spacial score (nSPS) is 18.4. The second-order valence-corrected chi connectivity index (χ2v) is 8.71. The van der Waals surface area contributed by atoms with E-state index < -0.39 is 0 Å². The fraction of sp³-hybridized carbons (Fsp3) is 0.240. The molecule has 4 heteroatoms. The van der Waals surface area contributed by atoms with Crippen LogP contribution in [0.2, 0.25) is 0 Å². The molecule has 3 nitrogen and oxygen atoms in total. The van der Waals surface area contributed by atoms with Crippen molar-refractivity contribution in [2.45, 2.75) is 28.7 Å². The molecule has 1 unspecified atom stereocenters. The summed E-state index contributed by atoms with van der Waals surface area (Å²) in [6, 6.07) is 28.4. The number of amidine groups is 1. The molecule has 5 rings (SSSR count). The van der Waals surface area contributed by atoms with Gasteiger partial charge in [0.1, 0.15) is 5.84 Å². The largest absolute Gasteiger partial charge is 0.353 e. The van der Waals surface area contributed by atoms with Gasteiger partial charge in [-0.2, -0.15) is 0 Å². The summed E-state index contributed by atoms with van der Waals surface area (Å²) in [6.07, 6.45) is 2.24. The van der Waals surface area contributed by atoms with Gasteiger partial charge in [0.2, 0.25) is 0 Å². The lowest BCUT2D eigenvalue weighted by molar-refractivity contribution is 0.282. The molecule has 0 bridgehead atoms. The Bertz CT molecular complexity index is 1020. The Hall–Kier alpha value is -2.56. The van der Waals surface area contributed by atoms with Crippen LogP contribution in [0.3, 0.4) is 0 Å². The Morgan fingerprint density at radius 3 is 2.55 bits per heavy atom. The molecule has 0 aliphatic carbocycles. The lowest BCUT2D eigenvalue weighted by Gasteiger charge is -2.36. The molecule has 0 radical (unpaired) electrons. The summed E-state index contributed by atoms with van der Waals surface area (Å²) in [6.45, 7) is 2.98. The summed E-state index contributed by atoms with van der Waals surface area (Å²) < 4.78 is 0. The Kier molecular flexibility index (Phi) is 5.37. The van der Waals surface area contributed by atoms with Crippen LogP contribution in [0.15, 0.2) is 93.6 Å². The average Bonchev–Trinajstić information content (AvgIpc) is 2.95. The van der Waals surface area contributed by atoms with Crippen LogP contribution in [-0.4, -0.2) is 36.4 Å². The highest BCUT2D eigenvalue weighted by molar-refractivity contribution is 7.99. The van der Waals surface area contributed by atoms with E-state index in [2.05, 4.69) is 89.1 Å². The summed E-state index contributed by atoms with van der Waals surface area (Å²) >= 11 is 1.82. The molecule has 1 fully saturated rings. The lowest BCUT2D eigenvalue weighted by Crippen LogP contribution is -2.53. The van der Waals surface area contributed by atoms with Crippen molar-refractivity contribution in [3.63, 3.8) is 0 Å². The highest BCUT2D eigenvalue weighted by Gasteiger charge is 2.26. The molecular formula is C25H25N3S. The number of aliphatic imine (C=N–C) groups is 1. The Morgan fingerprint density at radius 2 is 1.66 bits per heavy atom. The Labute approximate surface area is 176 Å². The molecule has 2 aliphatic heterocycles. The van der Waals surface area contributed by atoms with Crippen molar-refractivity contribution in [3.05, 3.63) is 90.0 Å². The molecule has 1 saturated heterocycles. The molecule has 29 heavy (non-hydrogen) atoms. The zero-order valence-corrected chi connectivity index (χ0v) is 17.2. The third-order valence-corrected chi connectivity index (χ3v) is 6.76. The first-order valence-corrected chi connectivity index (χ1v) is 11.2. The molecule has 0 saturated carbocycles. The topological polar surface area (TPSA) is 27.6 Å². The summed E-state index contributed by atoms with van der Waals surface area (Å²) in [5.41, 5.74) is 3.73. The summed E-state index contributed by atoms with van der Waals surface area (Å²) in [5.74, 6) is 1.12. The van der Waals surface area contributed by atoms with E-state index in [9.17, 15) is 0 Å². The first kappa shape index (κ1) is 18.5. The van der Waals surface area contributed by atoms with Gasteiger partial charge >= 0.3 is 0 Å². The van der Waals surface area contributed by atoms with E-state index in [0.29, 0.717) is 6.04 Å². The van der Waals surface area contributed by atoms with Crippen molar-refractivity contribution in [3.8, 4) is 0 Å². The van der Waals surface area contributed by atoms with Gasteiger partial charge in [-0.3, -0.25) is 0 Å². The monoisotopic (exact) mass is 399 g/mol. The number of nitrogens with zero attached hydrogens (tertiary/aromatic N) is 2. The first-order valence-electron chi connectivity index (χ1n) is 10.3. The molecule has 3 aromatic carbocycles. The maximum atomic E-state index is 5.15. The molecule has 0 amide bonds. The van der Waals surface area contributed by atoms with E-state index >= 15 is 0 Å². The van der Waals surface area contributed by atoms with Gasteiger partial charge in [0.25, 0.3) is 0 Å². The van der Waals surface area contributed by atoms with E-state index in [-0.39, 0.29) is 0 Å². The predicted molar refractivity (Wildman–Crippen MR) is 121 cm³/mol. The zero-order valence-electron chi connectivity index (χ0n) is 16.4. The van der Waals surface area contributed by atoms with Crippen LogP contribution >= 0.6 is 11.8 Å². The third-order valence-electron chi connectivity index (χ3n) is 5.62. The number of fused-ring (bicyclic) bond motifs is 2. The number of benzene rings is 3. The standard InChI is InChI=1S/C25H25N3S/c1-2-8-19(9-3-1)14-15-20-18-28(17-16-26-20)25-21-10-4-6-12-23(21)29-24-13-7-5-11-22(24)27-25/h1-13,20,26H,14-18H2. The van der Waals surface area contributed by atoms with Crippen LogP contribution in [0.4, 0.5) is 5.69 Å². The van der Waals surface area contributed by atoms with Gasteiger partial charge in [-0.05, 0) is 36.6 Å². The maximum Gasteiger partial charge on any atom is 0.137 e.